The van der Waals surface area contributed by atoms with Crippen LogP contribution in [0.5, 0.6) is 0 Å². The summed E-state index contributed by atoms with van der Waals surface area (Å²) >= 11 is 0. The summed E-state index contributed by atoms with van der Waals surface area (Å²) in [6.45, 7) is 1.83. The maximum absolute atomic E-state index is 12.4. The molecular weight excluding hydrogens is 433 g/mol. The summed E-state index contributed by atoms with van der Waals surface area (Å²) in [5.41, 5.74) is 0.655. The average Bonchev–Trinajstić information content (AvgIpc) is 3.50. The number of alkyl halides is 3. The number of nitriles is 1. The highest BCUT2D eigenvalue weighted by Crippen LogP contribution is 2.36. The number of pyridine rings is 1. The van der Waals surface area contributed by atoms with Gasteiger partial charge in [0.25, 0.3) is 5.91 Å². The van der Waals surface area contributed by atoms with Gasteiger partial charge in [-0.25, -0.2) is 9.78 Å². The topological polar surface area (TPSA) is 129 Å². The van der Waals surface area contributed by atoms with Crippen LogP contribution in [0.15, 0.2) is 41.2 Å². The summed E-state index contributed by atoms with van der Waals surface area (Å²) in [5.74, 6) is -2.10. The van der Waals surface area contributed by atoms with Crippen LogP contribution in [0.1, 0.15) is 28.9 Å². The molecule has 0 aromatic carbocycles. The van der Waals surface area contributed by atoms with Crippen LogP contribution in [0.3, 0.4) is 0 Å². The van der Waals surface area contributed by atoms with Crippen LogP contribution in [0.2, 0.25) is 0 Å². The molecule has 0 saturated carbocycles. The number of aliphatic carboxylic acids is 1. The minimum absolute atomic E-state index is 0.0194. The number of ether oxygens (including phenoxy) is 1. The van der Waals surface area contributed by atoms with Gasteiger partial charge in [0.15, 0.2) is 0 Å². The van der Waals surface area contributed by atoms with Crippen molar-refractivity contribution >= 4 is 17.7 Å². The second-order valence-corrected chi connectivity index (χ2v) is 7.35. The number of nitrogens with zero attached hydrogens (tertiary/aromatic N) is 3. The molecule has 1 spiro atoms. The van der Waals surface area contributed by atoms with Crippen LogP contribution in [0, 0.1) is 11.3 Å². The Morgan fingerprint density at radius 2 is 2.09 bits per heavy atom. The summed E-state index contributed by atoms with van der Waals surface area (Å²) in [6, 6.07) is 9.16. The summed E-state index contributed by atoms with van der Waals surface area (Å²) in [7, 11) is 0. The van der Waals surface area contributed by atoms with Gasteiger partial charge in [0, 0.05) is 13.0 Å². The van der Waals surface area contributed by atoms with Crippen LogP contribution < -0.4 is 5.32 Å². The van der Waals surface area contributed by atoms with Crippen molar-refractivity contribution < 1.29 is 37.0 Å². The highest BCUT2D eigenvalue weighted by atomic mass is 19.4. The van der Waals surface area contributed by atoms with Gasteiger partial charge in [0.05, 0.1) is 36.6 Å². The molecule has 4 heterocycles. The molecule has 2 saturated heterocycles. The third-order valence-corrected chi connectivity index (χ3v) is 5.04. The molecule has 0 radical (unpaired) electrons. The number of carbonyl (C=O) groups excluding carboxylic acids is 1. The third-order valence-electron chi connectivity index (χ3n) is 5.04. The van der Waals surface area contributed by atoms with Crippen molar-refractivity contribution in [3.63, 3.8) is 0 Å². The highest BCUT2D eigenvalue weighted by Gasteiger charge is 2.47. The Morgan fingerprint density at radius 1 is 1.34 bits per heavy atom. The number of hydrogen-bond donors (Lipinski definition) is 2. The number of hydrogen-bond acceptors (Lipinski definition) is 7. The van der Waals surface area contributed by atoms with E-state index < -0.39 is 12.1 Å². The molecule has 2 aliphatic rings. The number of halogens is 3. The molecule has 2 atom stereocenters. The predicted molar refractivity (Wildman–Crippen MR) is 103 cm³/mol. The second-order valence-electron chi connectivity index (χ2n) is 7.35. The third kappa shape index (κ3) is 5.55. The Labute approximate surface area is 180 Å². The van der Waals surface area contributed by atoms with Gasteiger partial charge in [-0.05, 0) is 24.6 Å². The Morgan fingerprint density at radius 3 is 2.72 bits per heavy atom. The van der Waals surface area contributed by atoms with Crippen LogP contribution in [-0.2, 0) is 9.53 Å². The van der Waals surface area contributed by atoms with Crippen LogP contribution >= 0.6 is 0 Å². The fourth-order valence-electron chi connectivity index (χ4n) is 3.59. The fourth-order valence-corrected chi connectivity index (χ4v) is 3.59. The van der Waals surface area contributed by atoms with E-state index in [9.17, 15) is 18.0 Å². The van der Waals surface area contributed by atoms with E-state index in [0.717, 1.165) is 12.8 Å². The lowest BCUT2D eigenvalue weighted by Crippen LogP contribution is -2.36. The zero-order chi connectivity index (χ0) is 23.4. The number of furan rings is 1. The number of aromatic nitrogens is 1. The first-order chi connectivity index (χ1) is 15.1. The van der Waals surface area contributed by atoms with Crippen molar-refractivity contribution in [2.45, 2.75) is 30.7 Å². The Bertz CT molecular complexity index is 1010. The monoisotopic (exact) mass is 452 g/mol. The molecule has 170 valence electrons. The summed E-state index contributed by atoms with van der Waals surface area (Å²) < 4.78 is 42.8. The average molecular weight is 452 g/mol. The molecule has 2 aromatic rings. The van der Waals surface area contributed by atoms with Crippen LogP contribution in [0.4, 0.5) is 19.0 Å². The van der Waals surface area contributed by atoms with Gasteiger partial charge in [0.2, 0.25) is 0 Å². The first-order valence-electron chi connectivity index (χ1n) is 9.51. The van der Waals surface area contributed by atoms with Crippen molar-refractivity contribution in [3.8, 4) is 6.07 Å². The molecule has 2 unspecified atom stereocenters. The molecular formula is C20H19F3N4O5. The molecule has 2 aliphatic heterocycles. The quantitative estimate of drug-likeness (QED) is 0.727. The van der Waals surface area contributed by atoms with Gasteiger partial charge in [-0.3, -0.25) is 4.79 Å². The standard InChI is InChI=1S/C18H18N4O3.C2HF3O2/c19-9-14-2-1-3-16(20-14)21-15-8-18(25-11-15)5-6-22(12-18)17(23)13-4-7-24-10-13;3-2(4,5)1(6)7/h1-4,7,10,15H,5-6,8,11-12H2,(H,20,21);(H,6,7). The number of rotatable bonds is 3. The van der Waals surface area contributed by atoms with Crippen molar-refractivity contribution in [1.82, 2.24) is 9.88 Å². The van der Waals surface area contributed by atoms with E-state index >= 15 is 0 Å². The lowest BCUT2D eigenvalue weighted by molar-refractivity contribution is -0.192. The molecule has 2 fully saturated rings. The van der Waals surface area contributed by atoms with E-state index in [0.29, 0.717) is 36.8 Å². The van der Waals surface area contributed by atoms with Gasteiger partial charge in [-0.1, -0.05) is 6.07 Å². The largest absolute Gasteiger partial charge is 0.490 e. The molecule has 9 nitrogen and oxygen atoms in total. The molecule has 32 heavy (non-hydrogen) atoms. The Kier molecular flexibility index (Phi) is 6.69. The normalized spacial score (nSPS) is 22.2. The molecule has 12 heteroatoms. The van der Waals surface area contributed by atoms with Gasteiger partial charge >= 0.3 is 12.1 Å². The van der Waals surface area contributed by atoms with E-state index in [-0.39, 0.29) is 17.6 Å². The molecule has 0 bridgehead atoms. The number of likely N-dealkylation sites (tertiary alicyclic amines) is 1. The number of amides is 1. The zero-order valence-electron chi connectivity index (χ0n) is 16.6. The van der Waals surface area contributed by atoms with Gasteiger partial charge in [-0.15, -0.1) is 0 Å². The van der Waals surface area contributed by atoms with E-state index in [4.69, 9.17) is 24.3 Å². The minimum Gasteiger partial charge on any atom is -0.475 e. The number of carboxylic acids is 1. The predicted octanol–water partition coefficient (Wildman–Crippen LogP) is 2.67. The zero-order valence-corrected chi connectivity index (χ0v) is 16.6. The highest BCUT2D eigenvalue weighted by molar-refractivity contribution is 5.94. The number of carbonyl (C=O) groups is 2. The Hall–Kier alpha value is -3.59. The summed E-state index contributed by atoms with van der Waals surface area (Å²) in [5, 5.41) is 19.4. The summed E-state index contributed by atoms with van der Waals surface area (Å²) in [4.78, 5) is 27.4. The van der Waals surface area contributed by atoms with Crippen LogP contribution in [-0.4, -0.2) is 64.4 Å². The number of nitrogens with one attached hydrogen (secondary N) is 1. The molecule has 2 N–H and O–H groups in total. The summed E-state index contributed by atoms with van der Waals surface area (Å²) in [6.07, 6.45) is -0.477. The van der Waals surface area contributed by atoms with E-state index in [2.05, 4.69) is 10.3 Å². The Balaban J connectivity index is 0.000000360. The lowest BCUT2D eigenvalue weighted by atomic mass is 9.97. The van der Waals surface area contributed by atoms with Gasteiger partial charge in [0.1, 0.15) is 23.8 Å². The first kappa shape index (κ1) is 23.1. The molecule has 4 rings (SSSR count). The smallest absolute Gasteiger partial charge is 0.475 e. The second kappa shape index (κ2) is 9.27. The minimum atomic E-state index is -5.08. The SMILES string of the molecule is N#Cc1cccc(NC2COC3(CCN(C(=O)c4ccoc4)C3)C2)n1.O=C(O)C(F)(F)F. The fraction of sp³-hybridized carbons (Fsp3) is 0.400. The van der Waals surface area contributed by atoms with Crippen molar-refractivity contribution in [2.75, 3.05) is 25.0 Å². The van der Waals surface area contributed by atoms with Crippen molar-refractivity contribution in [3.05, 3.63) is 48.0 Å². The molecule has 2 aromatic heterocycles. The van der Waals surface area contributed by atoms with Gasteiger partial charge in [-0.2, -0.15) is 18.4 Å². The van der Waals surface area contributed by atoms with E-state index in [1.54, 1.807) is 18.2 Å². The maximum atomic E-state index is 12.4. The van der Waals surface area contributed by atoms with Crippen LogP contribution in [0.25, 0.3) is 0 Å². The number of anilines is 1. The van der Waals surface area contributed by atoms with Gasteiger partial charge < -0.3 is 24.5 Å². The van der Waals surface area contributed by atoms with Crippen molar-refractivity contribution in [2.24, 2.45) is 0 Å². The molecule has 0 aliphatic carbocycles. The van der Waals surface area contributed by atoms with E-state index in [1.807, 2.05) is 17.0 Å². The first-order valence-corrected chi connectivity index (χ1v) is 9.51. The number of carboxylic acid groups (broad SMARTS) is 1. The maximum Gasteiger partial charge on any atom is 0.490 e. The lowest BCUT2D eigenvalue weighted by Gasteiger charge is -2.23. The molecule has 1 amide bonds. The van der Waals surface area contributed by atoms with E-state index in [1.165, 1.54) is 12.5 Å². The van der Waals surface area contributed by atoms with Crippen molar-refractivity contribution in [1.29, 1.82) is 5.26 Å².